The zero-order chi connectivity index (χ0) is 16.7. The topological polar surface area (TPSA) is 55.4 Å². The third kappa shape index (κ3) is 5.58. The van der Waals surface area contributed by atoms with Gasteiger partial charge in [0.15, 0.2) is 0 Å². The van der Waals surface area contributed by atoms with Crippen LogP contribution in [0.1, 0.15) is 15.9 Å². The van der Waals surface area contributed by atoms with E-state index in [1.54, 1.807) is 31.4 Å². The lowest BCUT2D eigenvalue weighted by atomic mass is 10.2. The van der Waals surface area contributed by atoms with Gasteiger partial charge in [0.2, 0.25) is 0 Å². The molecule has 1 amide bonds. The Bertz CT molecular complexity index is 706. The minimum Gasteiger partial charge on any atom is -0.384 e. The number of nitrogens with one attached hydrogen (secondary N) is 1. The molecule has 2 rings (SSSR count). The molecule has 0 saturated carbocycles. The van der Waals surface area contributed by atoms with E-state index < -0.39 is 16.6 Å². The second-order valence-corrected chi connectivity index (χ2v) is 6.52. The largest absolute Gasteiger partial charge is 0.384 e. The van der Waals surface area contributed by atoms with Gasteiger partial charge in [-0.05, 0) is 35.9 Å². The highest BCUT2D eigenvalue weighted by atomic mass is 32.2. The first kappa shape index (κ1) is 17.3. The number of benzene rings is 2. The number of hydrogen-bond donors (Lipinski definition) is 1. The Labute approximate surface area is 137 Å². The molecule has 23 heavy (non-hydrogen) atoms. The van der Waals surface area contributed by atoms with Gasteiger partial charge in [-0.15, -0.1) is 0 Å². The fourth-order valence-corrected chi connectivity index (χ4v) is 3.05. The van der Waals surface area contributed by atoms with Crippen LogP contribution >= 0.6 is 0 Å². The number of carbonyl (C=O) groups is 1. The molecule has 0 fully saturated rings. The molecule has 0 bridgehead atoms. The van der Waals surface area contributed by atoms with E-state index in [4.69, 9.17) is 4.74 Å². The molecule has 0 saturated heterocycles. The van der Waals surface area contributed by atoms with Crippen molar-refractivity contribution in [1.82, 2.24) is 0 Å². The van der Waals surface area contributed by atoms with Crippen molar-refractivity contribution in [2.24, 2.45) is 0 Å². The van der Waals surface area contributed by atoms with Crippen LogP contribution in [0.5, 0.6) is 0 Å². The van der Waals surface area contributed by atoms with Crippen molar-refractivity contribution in [3.8, 4) is 0 Å². The summed E-state index contributed by atoms with van der Waals surface area (Å²) < 4.78 is 29.9. The highest BCUT2D eigenvalue weighted by Gasteiger charge is 2.08. The summed E-state index contributed by atoms with van der Waals surface area (Å²) >= 11 is 0. The van der Waals surface area contributed by atoms with E-state index in [1.807, 2.05) is 6.07 Å². The molecule has 0 aliphatic rings. The number of amides is 1. The predicted molar refractivity (Wildman–Crippen MR) is 89.4 cm³/mol. The summed E-state index contributed by atoms with van der Waals surface area (Å²) in [6, 6.07) is 12.6. The normalized spacial score (nSPS) is 11.9. The molecule has 0 heterocycles. The molecule has 122 valence electrons. The number of anilines is 1. The fraction of sp³-hybridized carbons (Fsp3) is 0.235. The number of methoxy groups -OCH3 is 1. The predicted octanol–water partition coefficient (Wildman–Crippen LogP) is 2.97. The molecule has 0 unspecified atom stereocenters. The van der Waals surface area contributed by atoms with E-state index in [0.29, 0.717) is 23.8 Å². The van der Waals surface area contributed by atoms with Crippen molar-refractivity contribution >= 4 is 22.4 Å². The van der Waals surface area contributed by atoms with Crippen LogP contribution in [0.4, 0.5) is 10.1 Å². The van der Waals surface area contributed by atoms with Gasteiger partial charge >= 0.3 is 0 Å². The Kier molecular flexibility index (Phi) is 6.43. The van der Waals surface area contributed by atoms with E-state index in [2.05, 4.69) is 5.32 Å². The second-order valence-electron chi connectivity index (χ2n) is 4.95. The fourth-order valence-electron chi connectivity index (χ4n) is 2.01. The van der Waals surface area contributed by atoms with Crippen molar-refractivity contribution < 1.29 is 18.1 Å². The Hall–Kier alpha value is -2.05. The molecule has 4 nitrogen and oxygen atoms in total. The number of carbonyl (C=O) groups excluding carboxylic acids is 1. The first-order valence-electron chi connectivity index (χ1n) is 7.08. The summed E-state index contributed by atoms with van der Waals surface area (Å²) in [7, 11) is 0.551. The number of rotatable bonds is 7. The van der Waals surface area contributed by atoms with Crippen molar-refractivity contribution in [3.63, 3.8) is 0 Å². The Morgan fingerprint density at radius 1 is 1.22 bits per heavy atom. The zero-order valence-electron chi connectivity index (χ0n) is 12.8. The average Bonchev–Trinajstić information content (AvgIpc) is 2.53. The van der Waals surface area contributed by atoms with E-state index in [0.717, 1.165) is 5.56 Å². The minimum absolute atomic E-state index is 0.249. The van der Waals surface area contributed by atoms with Crippen LogP contribution in [0.25, 0.3) is 0 Å². The van der Waals surface area contributed by atoms with E-state index >= 15 is 0 Å². The van der Waals surface area contributed by atoms with Crippen LogP contribution in [0.3, 0.4) is 0 Å². The van der Waals surface area contributed by atoms with Crippen molar-refractivity contribution in [2.75, 3.05) is 24.8 Å². The molecule has 0 aromatic heterocycles. The summed E-state index contributed by atoms with van der Waals surface area (Å²) in [6.07, 6.45) is 0. The molecule has 2 aromatic rings. The molecule has 0 aliphatic heterocycles. The zero-order valence-corrected chi connectivity index (χ0v) is 13.6. The molecule has 0 radical (unpaired) electrons. The quantitative estimate of drug-likeness (QED) is 0.846. The third-order valence-electron chi connectivity index (χ3n) is 3.11. The maximum atomic E-state index is 13.2. The molecule has 1 N–H and O–H groups in total. The van der Waals surface area contributed by atoms with Gasteiger partial charge in [0.1, 0.15) is 5.82 Å². The van der Waals surface area contributed by atoms with Crippen LogP contribution in [0.15, 0.2) is 48.5 Å². The van der Waals surface area contributed by atoms with Crippen LogP contribution in [0.2, 0.25) is 0 Å². The lowest BCUT2D eigenvalue weighted by Crippen LogP contribution is -2.12. The first-order chi connectivity index (χ1) is 11.1. The van der Waals surface area contributed by atoms with Gasteiger partial charge in [-0.1, -0.05) is 18.2 Å². The minimum atomic E-state index is -1.02. The van der Waals surface area contributed by atoms with Crippen molar-refractivity contribution in [3.05, 3.63) is 65.5 Å². The summed E-state index contributed by atoms with van der Waals surface area (Å²) in [5.41, 5.74) is 1.69. The van der Waals surface area contributed by atoms with Crippen LogP contribution in [-0.4, -0.2) is 29.6 Å². The summed E-state index contributed by atoms with van der Waals surface area (Å²) in [4.78, 5) is 12.1. The smallest absolute Gasteiger partial charge is 0.255 e. The van der Waals surface area contributed by atoms with Gasteiger partial charge < -0.3 is 10.1 Å². The summed E-state index contributed by atoms with van der Waals surface area (Å²) in [5, 5.41) is 2.71. The van der Waals surface area contributed by atoms with Gasteiger partial charge in [-0.2, -0.15) is 0 Å². The van der Waals surface area contributed by atoms with Gasteiger partial charge in [-0.3, -0.25) is 9.00 Å². The molecular weight excluding hydrogens is 317 g/mol. The molecule has 0 aliphatic carbocycles. The van der Waals surface area contributed by atoms with E-state index in [9.17, 15) is 13.4 Å². The lowest BCUT2D eigenvalue weighted by Gasteiger charge is -2.08. The number of ether oxygens (including phenoxy) is 1. The van der Waals surface area contributed by atoms with Crippen molar-refractivity contribution in [2.45, 2.75) is 5.75 Å². The van der Waals surface area contributed by atoms with Crippen molar-refractivity contribution in [1.29, 1.82) is 0 Å². The molecule has 1 atom stereocenters. The molecule has 6 heteroatoms. The molecule has 2 aromatic carbocycles. The van der Waals surface area contributed by atoms with Gasteiger partial charge in [0.05, 0.1) is 6.61 Å². The van der Waals surface area contributed by atoms with Gasteiger partial charge in [-0.25, -0.2) is 4.39 Å². The van der Waals surface area contributed by atoms with Gasteiger partial charge in [0.25, 0.3) is 5.91 Å². The number of hydrogen-bond acceptors (Lipinski definition) is 3. The van der Waals surface area contributed by atoms with Gasteiger partial charge in [0, 0.05) is 40.7 Å². The Morgan fingerprint density at radius 3 is 2.74 bits per heavy atom. The van der Waals surface area contributed by atoms with E-state index in [-0.39, 0.29) is 11.5 Å². The summed E-state index contributed by atoms with van der Waals surface area (Å²) in [5.74, 6) is 0.0192. The SMILES string of the molecule is COCC[S@@](=O)Cc1cccc(NC(=O)c2cccc(F)c2)c1. The summed E-state index contributed by atoms with van der Waals surface area (Å²) in [6.45, 7) is 0.447. The average molecular weight is 335 g/mol. The van der Waals surface area contributed by atoms with E-state index in [1.165, 1.54) is 18.2 Å². The molecular formula is C17H18FNO3S. The number of halogens is 1. The first-order valence-corrected chi connectivity index (χ1v) is 8.57. The molecule has 0 spiro atoms. The lowest BCUT2D eigenvalue weighted by molar-refractivity contribution is 0.102. The second kappa shape index (κ2) is 8.55. The monoisotopic (exact) mass is 335 g/mol. The van der Waals surface area contributed by atoms with Crippen LogP contribution in [0, 0.1) is 5.82 Å². The Balaban J connectivity index is 2.02. The standard InChI is InChI=1S/C17H18FNO3S/c1-22-8-9-23(21)12-13-4-2-7-16(10-13)19-17(20)14-5-3-6-15(18)11-14/h2-7,10-11H,8-9,12H2,1H3,(H,19,20)/t23-/m1/s1. The maximum absolute atomic E-state index is 13.2. The maximum Gasteiger partial charge on any atom is 0.255 e. The van der Waals surface area contributed by atoms with Crippen LogP contribution in [-0.2, 0) is 21.3 Å². The third-order valence-corrected chi connectivity index (χ3v) is 4.39. The Morgan fingerprint density at radius 2 is 2.00 bits per heavy atom. The van der Waals surface area contributed by atoms with Crippen LogP contribution < -0.4 is 5.32 Å². The highest BCUT2D eigenvalue weighted by molar-refractivity contribution is 7.84. The highest BCUT2D eigenvalue weighted by Crippen LogP contribution is 2.14.